The van der Waals surface area contributed by atoms with Crippen molar-refractivity contribution in [2.75, 3.05) is 31.1 Å². The third kappa shape index (κ3) is 5.91. The Morgan fingerprint density at radius 3 is 2.48 bits per heavy atom. The number of aliphatic hydroxyl groups is 1. The summed E-state index contributed by atoms with van der Waals surface area (Å²) in [5.41, 5.74) is -0.427. The molecule has 0 spiro atoms. The van der Waals surface area contributed by atoms with Gasteiger partial charge in [0.2, 0.25) is 0 Å². The zero-order valence-corrected chi connectivity index (χ0v) is 15.9. The van der Waals surface area contributed by atoms with E-state index in [1.807, 2.05) is 0 Å². The van der Waals surface area contributed by atoms with Gasteiger partial charge in [0, 0.05) is 18.2 Å². The molecule has 8 nitrogen and oxygen atoms in total. The number of benzene rings is 1. The summed E-state index contributed by atoms with van der Waals surface area (Å²) in [5.74, 6) is -1.17. The first-order valence-corrected chi connectivity index (χ1v) is 9.62. The molecule has 25 heavy (non-hydrogen) atoms. The van der Waals surface area contributed by atoms with Crippen molar-refractivity contribution in [3.63, 3.8) is 0 Å². The average molecular weight is 395 g/mol. The van der Waals surface area contributed by atoms with Crippen LogP contribution in [0.25, 0.3) is 0 Å². The van der Waals surface area contributed by atoms with Gasteiger partial charge in [-0.25, -0.2) is 8.42 Å². The number of nitrogens with one attached hydrogen (secondary N) is 1. The highest BCUT2D eigenvalue weighted by atomic mass is 35.5. The number of nitrogens with zero attached hydrogens (tertiary/aromatic N) is 1. The number of aryl methyl sites for hydroxylation is 2. The summed E-state index contributed by atoms with van der Waals surface area (Å²) in [7, 11) is -4.50. The summed E-state index contributed by atoms with van der Waals surface area (Å²) in [6.45, 7) is 4.94. The number of aliphatic hydroxyl groups excluding tert-OH is 1. The first-order chi connectivity index (χ1) is 11.8. The molecule has 1 amide bonds. The lowest BCUT2D eigenvalue weighted by molar-refractivity contribution is -0.171. The first-order valence-electron chi connectivity index (χ1n) is 7.59. The fraction of sp³-hybridized carbons (Fsp3) is 0.533. The number of carbonyl (C=O) groups excluding carboxylic acids is 1. The van der Waals surface area contributed by atoms with Crippen LogP contribution in [0.3, 0.4) is 0 Å². The van der Waals surface area contributed by atoms with Gasteiger partial charge in [-0.1, -0.05) is 22.7 Å². The number of ether oxygens (including phenoxy) is 1. The van der Waals surface area contributed by atoms with Crippen LogP contribution in [0.5, 0.6) is 0 Å². The molecule has 0 radical (unpaired) electrons. The number of sulfonamides is 1. The second-order valence-electron chi connectivity index (χ2n) is 5.11. The summed E-state index contributed by atoms with van der Waals surface area (Å²) < 4.78 is 30.2. The van der Waals surface area contributed by atoms with E-state index in [2.05, 4.69) is 5.32 Å². The summed E-state index contributed by atoms with van der Waals surface area (Å²) in [6.07, 6.45) is 0. The van der Waals surface area contributed by atoms with Gasteiger partial charge in [0.05, 0.1) is 6.54 Å². The second-order valence-corrected chi connectivity index (χ2v) is 7.37. The zero-order chi connectivity index (χ0) is 19.0. The third-order valence-corrected chi connectivity index (χ3v) is 5.07. The van der Waals surface area contributed by atoms with Crippen molar-refractivity contribution in [1.29, 1.82) is 0 Å². The van der Waals surface area contributed by atoms with Crippen molar-refractivity contribution in [3.05, 3.63) is 29.3 Å². The van der Waals surface area contributed by atoms with E-state index < -0.39 is 21.4 Å². The van der Waals surface area contributed by atoms with Crippen molar-refractivity contribution in [2.24, 2.45) is 0 Å². The molecule has 0 aliphatic rings. The Morgan fingerprint density at radius 2 is 1.96 bits per heavy atom. The molecule has 0 aliphatic carbocycles. The van der Waals surface area contributed by atoms with E-state index >= 15 is 0 Å². The molecule has 0 saturated carbocycles. The van der Waals surface area contributed by atoms with Crippen LogP contribution in [-0.2, 0) is 24.4 Å². The zero-order valence-electron chi connectivity index (χ0n) is 14.4. The molecular weight excluding hydrogens is 372 g/mol. The topological polar surface area (TPSA) is 105 Å². The maximum absolute atomic E-state index is 12.4. The monoisotopic (exact) mass is 394 g/mol. The molecule has 1 rings (SSSR count). The molecule has 0 saturated heterocycles. The Labute approximate surface area is 152 Å². The molecule has 1 atom stereocenters. The molecule has 0 fully saturated rings. The van der Waals surface area contributed by atoms with Crippen molar-refractivity contribution in [2.45, 2.75) is 26.2 Å². The van der Waals surface area contributed by atoms with Gasteiger partial charge in [-0.3, -0.25) is 9.63 Å². The molecule has 10 heteroatoms. The third-order valence-electron chi connectivity index (χ3n) is 3.27. The van der Waals surface area contributed by atoms with Gasteiger partial charge >= 0.3 is 0 Å². The molecule has 142 valence electrons. The second kappa shape index (κ2) is 10.0. The van der Waals surface area contributed by atoms with E-state index in [9.17, 15) is 18.3 Å². The number of hydroxylamine groups is 1. The maximum Gasteiger partial charge on any atom is 0.272 e. The normalized spacial score (nSPS) is 13.0. The van der Waals surface area contributed by atoms with E-state index in [0.717, 1.165) is 11.1 Å². The summed E-state index contributed by atoms with van der Waals surface area (Å²) in [6, 6.07) is 5.32. The van der Waals surface area contributed by atoms with E-state index in [0.29, 0.717) is 16.8 Å². The van der Waals surface area contributed by atoms with Gasteiger partial charge < -0.3 is 15.2 Å². The molecular formula is C15H23ClN2O6S. The SMILES string of the molecule is CCOCON(CCCl)S(=O)(=O)C(O)C(=O)Nc1c(C)cccc1C. The highest BCUT2D eigenvalue weighted by Crippen LogP contribution is 2.20. The standard InChI is InChI=1S/C15H23ClN2O6S/c1-4-23-10-24-18(9-8-16)25(21,22)15(20)14(19)17-13-11(2)6-5-7-12(13)3/h5-7,15,20H,4,8-10H2,1-3H3,(H,17,19). The van der Waals surface area contributed by atoms with Crippen LogP contribution >= 0.6 is 11.6 Å². The number of hydrogen-bond acceptors (Lipinski definition) is 6. The Bertz CT molecular complexity index is 662. The van der Waals surface area contributed by atoms with Crippen molar-refractivity contribution in [3.8, 4) is 0 Å². The number of amides is 1. The number of halogens is 1. The van der Waals surface area contributed by atoms with Gasteiger partial charge in [0.15, 0.2) is 6.79 Å². The minimum atomic E-state index is -4.50. The van der Waals surface area contributed by atoms with Gasteiger partial charge in [0.25, 0.3) is 21.4 Å². The maximum atomic E-state index is 12.4. The molecule has 0 aromatic heterocycles. The Hall–Kier alpha value is -1.23. The molecule has 0 aliphatic heterocycles. The average Bonchev–Trinajstić information content (AvgIpc) is 2.56. The Balaban J connectivity index is 2.93. The lowest BCUT2D eigenvalue weighted by atomic mass is 10.1. The van der Waals surface area contributed by atoms with E-state index in [1.54, 1.807) is 39.0 Å². The summed E-state index contributed by atoms with van der Waals surface area (Å²) >= 11 is 5.56. The number of hydrogen-bond donors (Lipinski definition) is 2. The predicted molar refractivity (Wildman–Crippen MR) is 94.5 cm³/mol. The smallest absolute Gasteiger partial charge is 0.272 e. The fourth-order valence-electron chi connectivity index (χ4n) is 1.96. The highest BCUT2D eigenvalue weighted by molar-refractivity contribution is 7.90. The van der Waals surface area contributed by atoms with Crippen LogP contribution < -0.4 is 5.32 Å². The van der Waals surface area contributed by atoms with Gasteiger partial charge in [-0.2, -0.15) is 0 Å². The lowest BCUT2D eigenvalue weighted by Crippen LogP contribution is -2.45. The fourth-order valence-corrected chi connectivity index (χ4v) is 3.30. The number of carbonyl (C=O) groups is 1. The predicted octanol–water partition coefficient (Wildman–Crippen LogP) is 1.36. The summed E-state index contributed by atoms with van der Waals surface area (Å²) in [4.78, 5) is 17.2. The van der Waals surface area contributed by atoms with Crippen molar-refractivity contribution < 1.29 is 27.9 Å². The van der Waals surface area contributed by atoms with E-state index in [1.165, 1.54) is 0 Å². The van der Waals surface area contributed by atoms with Crippen LogP contribution in [0, 0.1) is 13.8 Å². The Kier molecular flexibility index (Phi) is 8.77. The lowest BCUT2D eigenvalue weighted by Gasteiger charge is -2.23. The first kappa shape index (κ1) is 21.8. The van der Waals surface area contributed by atoms with Crippen LogP contribution in [0.1, 0.15) is 18.1 Å². The molecule has 0 heterocycles. The van der Waals surface area contributed by atoms with Gasteiger partial charge in [-0.15, -0.1) is 11.6 Å². The molecule has 1 aromatic rings. The number of rotatable bonds is 10. The number of alkyl halides is 1. The largest absolute Gasteiger partial charge is 0.368 e. The van der Waals surface area contributed by atoms with Gasteiger partial charge in [0.1, 0.15) is 0 Å². The van der Waals surface area contributed by atoms with E-state index in [-0.39, 0.29) is 19.2 Å². The van der Waals surface area contributed by atoms with Gasteiger partial charge in [-0.05, 0) is 31.9 Å². The van der Waals surface area contributed by atoms with Crippen LogP contribution in [0.2, 0.25) is 0 Å². The number of para-hydroxylation sites is 1. The molecule has 2 N–H and O–H groups in total. The minimum Gasteiger partial charge on any atom is -0.368 e. The minimum absolute atomic E-state index is 0.0867. The number of anilines is 1. The van der Waals surface area contributed by atoms with Crippen molar-refractivity contribution in [1.82, 2.24) is 4.47 Å². The quantitative estimate of drug-likeness (QED) is 0.268. The Morgan fingerprint density at radius 1 is 1.36 bits per heavy atom. The van der Waals surface area contributed by atoms with E-state index in [4.69, 9.17) is 21.2 Å². The molecule has 1 unspecified atom stereocenters. The van der Waals surface area contributed by atoms with Crippen LogP contribution in [-0.4, -0.2) is 55.2 Å². The molecule has 1 aromatic carbocycles. The van der Waals surface area contributed by atoms with Crippen LogP contribution in [0.4, 0.5) is 5.69 Å². The van der Waals surface area contributed by atoms with Crippen LogP contribution in [0.15, 0.2) is 18.2 Å². The summed E-state index contributed by atoms with van der Waals surface area (Å²) in [5, 5.41) is 12.5. The van der Waals surface area contributed by atoms with Crippen molar-refractivity contribution >= 4 is 33.2 Å². The highest BCUT2D eigenvalue weighted by Gasteiger charge is 2.37. The molecule has 0 bridgehead atoms.